The summed E-state index contributed by atoms with van der Waals surface area (Å²) >= 11 is 0. The number of alkyl halides is 1. The highest BCUT2D eigenvalue weighted by Gasteiger charge is 2.55. The Hall–Kier alpha value is -4.37. The highest BCUT2D eigenvalue weighted by atomic mass is 19.1. The highest BCUT2D eigenvalue weighted by Crippen LogP contribution is 2.39. The topological polar surface area (TPSA) is 92.3 Å². The first-order chi connectivity index (χ1) is 29.1. The second kappa shape index (κ2) is 20.7. The summed E-state index contributed by atoms with van der Waals surface area (Å²) in [5.74, 6) is 0. The lowest BCUT2D eigenvalue weighted by molar-refractivity contribution is -0.388. The quantitative estimate of drug-likeness (QED) is 0.0925. The van der Waals surface area contributed by atoms with Gasteiger partial charge in [0.15, 0.2) is 25.0 Å². The van der Waals surface area contributed by atoms with Gasteiger partial charge in [-0.05, 0) is 22.3 Å². The van der Waals surface area contributed by atoms with Crippen LogP contribution < -0.4 is 0 Å². The Labute approximate surface area is 345 Å². The van der Waals surface area contributed by atoms with Crippen LogP contribution in [-0.4, -0.2) is 81.8 Å². The maximum Gasteiger partial charge on any atom is 0.187 e. The van der Waals surface area contributed by atoms with E-state index in [1.54, 1.807) is 7.11 Å². The zero-order valence-corrected chi connectivity index (χ0v) is 33.0. The van der Waals surface area contributed by atoms with Gasteiger partial charge < -0.3 is 47.4 Å². The summed E-state index contributed by atoms with van der Waals surface area (Å²) in [5.41, 5.74) is 4.54. The third kappa shape index (κ3) is 10.7. The van der Waals surface area contributed by atoms with Gasteiger partial charge >= 0.3 is 0 Å². The van der Waals surface area contributed by atoms with Crippen LogP contribution in [0.4, 0.5) is 4.39 Å². The fourth-order valence-electron chi connectivity index (χ4n) is 7.65. The van der Waals surface area contributed by atoms with Gasteiger partial charge in [0.05, 0.1) is 39.6 Å². The standard InChI is InChI=1S/C48H51FO10/c1-50-47-45(54-30-36-23-13-5-14-24-36)44(53-29-35-21-11-4-12-22-35)42(38(56-47)31-51-27-33-17-7-2-8-18-33)59-48-43(52-28-34-19-9-3-10-20-34)40(49)41-39(57-48)32-55-46(58-41)37-25-15-6-16-26-37/h2-26,38-48H,27-32H2,1H3/t38-,39-,40+,41-,42-,43+,44+,45-,46-,47+,48-/m1/s1. The molecule has 11 atom stereocenters. The minimum atomic E-state index is -1.66. The lowest BCUT2D eigenvalue weighted by Gasteiger charge is -2.50. The highest BCUT2D eigenvalue weighted by molar-refractivity contribution is 5.18. The molecular formula is C48H51FO10. The van der Waals surface area contributed by atoms with Crippen molar-refractivity contribution in [2.75, 3.05) is 20.3 Å². The molecule has 59 heavy (non-hydrogen) atoms. The minimum Gasteiger partial charge on any atom is -0.374 e. The molecule has 10 nitrogen and oxygen atoms in total. The van der Waals surface area contributed by atoms with Crippen molar-refractivity contribution in [3.63, 3.8) is 0 Å². The maximum atomic E-state index is 17.2. The molecule has 0 bridgehead atoms. The molecule has 3 saturated heterocycles. The van der Waals surface area contributed by atoms with Crippen molar-refractivity contribution in [3.05, 3.63) is 179 Å². The van der Waals surface area contributed by atoms with Crippen LogP contribution in [0.5, 0.6) is 0 Å². The fraction of sp³-hybridized carbons (Fsp3) is 0.375. The van der Waals surface area contributed by atoms with Crippen molar-refractivity contribution in [1.82, 2.24) is 0 Å². The molecule has 0 unspecified atom stereocenters. The molecule has 3 fully saturated rings. The van der Waals surface area contributed by atoms with Gasteiger partial charge in [0, 0.05) is 12.7 Å². The molecule has 0 spiro atoms. The van der Waals surface area contributed by atoms with E-state index in [0.717, 1.165) is 27.8 Å². The monoisotopic (exact) mass is 806 g/mol. The second-order valence-electron chi connectivity index (χ2n) is 14.8. The molecule has 0 aliphatic carbocycles. The number of hydrogen-bond acceptors (Lipinski definition) is 10. The first kappa shape index (κ1) is 41.4. The Morgan fingerprint density at radius 3 is 1.56 bits per heavy atom. The zero-order chi connectivity index (χ0) is 40.2. The van der Waals surface area contributed by atoms with Crippen molar-refractivity contribution in [1.29, 1.82) is 0 Å². The van der Waals surface area contributed by atoms with Crippen molar-refractivity contribution in [2.45, 2.75) is 94.2 Å². The van der Waals surface area contributed by atoms with E-state index < -0.39 is 67.8 Å². The van der Waals surface area contributed by atoms with Crippen LogP contribution in [0.15, 0.2) is 152 Å². The summed E-state index contributed by atoms with van der Waals surface area (Å²) in [7, 11) is 1.57. The van der Waals surface area contributed by atoms with Crippen molar-refractivity contribution >= 4 is 0 Å². The van der Waals surface area contributed by atoms with Gasteiger partial charge in [0.1, 0.15) is 42.7 Å². The van der Waals surface area contributed by atoms with Crippen LogP contribution in [0.1, 0.15) is 34.1 Å². The molecule has 0 saturated carbocycles. The van der Waals surface area contributed by atoms with E-state index in [1.807, 2.05) is 152 Å². The smallest absolute Gasteiger partial charge is 0.187 e. The van der Waals surface area contributed by atoms with E-state index >= 15 is 4.39 Å². The molecule has 11 heteroatoms. The molecule has 0 N–H and O–H groups in total. The average Bonchev–Trinajstić information content (AvgIpc) is 3.29. The zero-order valence-electron chi connectivity index (χ0n) is 33.0. The van der Waals surface area contributed by atoms with E-state index in [4.69, 9.17) is 47.4 Å². The number of methoxy groups -OCH3 is 1. The maximum absolute atomic E-state index is 17.2. The Morgan fingerprint density at radius 1 is 0.525 bits per heavy atom. The van der Waals surface area contributed by atoms with E-state index in [0.29, 0.717) is 6.61 Å². The molecule has 3 heterocycles. The molecular weight excluding hydrogens is 756 g/mol. The number of rotatable bonds is 17. The summed E-state index contributed by atoms with van der Waals surface area (Å²) in [6.07, 6.45) is -10.8. The third-order valence-corrected chi connectivity index (χ3v) is 10.7. The number of fused-ring (bicyclic) bond motifs is 1. The normalized spacial score (nSPS) is 29.4. The molecule has 3 aliphatic rings. The van der Waals surface area contributed by atoms with Gasteiger partial charge in [0.2, 0.25) is 0 Å². The summed E-state index contributed by atoms with van der Waals surface area (Å²) < 4.78 is 82.0. The first-order valence-electron chi connectivity index (χ1n) is 20.2. The van der Waals surface area contributed by atoms with Gasteiger partial charge in [-0.1, -0.05) is 152 Å². The summed E-state index contributed by atoms with van der Waals surface area (Å²) in [5, 5.41) is 0. The van der Waals surface area contributed by atoms with Crippen molar-refractivity contribution in [2.24, 2.45) is 0 Å². The Kier molecular flexibility index (Phi) is 14.5. The molecule has 0 amide bonds. The molecule has 5 aromatic carbocycles. The van der Waals surface area contributed by atoms with E-state index in [2.05, 4.69) is 0 Å². The fourth-order valence-corrected chi connectivity index (χ4v) is 7.65. The lowest BCUT2D eigenvalue weighted by Crippen LogP contribution is -2.66. The summed E-state index contributed by atoms with van der Waals surface area (Å²) in [6, 6.07) is 48.6. The van der Waals surface area contributed by atoms with Crippen LogP contribution in [0.2, 0.25) is 0 Å². The third-order valence-electron chi connectivity index (χ3n) is 10.7. The largest absolute Gasteiger partial charge is 0.374 e. The van der Waals surface area contributed by atoms with Crippen LogP contribution in [0, 0.1) is 0 Å². The predicted octanol–water partition coefficient (Wildman–Crippen LogP) is 7.89. The van der Waals surface area contributed by atoms with Crippen LogP contribution in [0.3, 0.4) is 0 Å². The van der Waals surface area contributed by atoms with Gasteiger partial charge in [-0.2, -0.15) is 0 Å². The lowest BCUT2D eigenvalue weighted by atomic mass is 9.96. The summed E-state index contributed by atoms with van der Waals surface area (Å²) in [6.45, 7) is 1.07. The number of hydrogen-bond donors (Lipinski definition) is 0. The van der Waals surface area contributed by atoms with E-state index in [9.17, 15) is 0 Å². The summed E-state index contributed by atoms with van der Waals surface area (Å²) in [4.78, 5) is 0. The predicted molar refractivity (Wildman–Crippen MR) is 215 cm³/mol. The minimum absolute atomic E-state index is 0.0726. The first-order valence-corrected chi connectivity index (χ1v) is 20.2. The Bertz CT molecular complexity index is 1950. The number of halogens is 1. The van der Waals surface area contributed by atoms with E-state index in [-0.39, 0.29) is 33.0 Å². The molecule has 0 radical (unpaired) electrons. The van der Waals surface area contributed by atoms with Crippen LogP contribution >= 0.6 is 0 Å². The Morgan fingerprint density at radius 2 is 1.02 bits per heavy atom. The Balaban J connectivity index is 1.11. The molecule has 8 rings (SSSR count). The van der Waals surface area contributed by atoms with Gasteiger partial charge in [-0.15, -0.1) is 0 Å². The van der Waals surface area contributed by atoms with Crippen LogP contribution in [0.25, 0.3) is 0 Å². The molecule has 0 aromatic heterocycles. The number of benzene rings is 5. The SMILES string of the molecule is CO[C@H]1O[C@H](COCc2ccccc2)[C@@H](O[C@H]2O[C@@H]3CO[C@@H](c4ccccc4)O[C@H]3[C@H](F)[C@@H]2OCc2ccccc2)[C@H](OCc2ccccc2)[C@H]1OCc1ccccc1. The van der Waals surface area contributed by atoms with Gasteiger partial charge in [0.25, 0.3) is 0 Å². The second-order valence-corrected chi connectivity index (χ2v) is 14.8. The van der Waals surface area contributed by atoms with Crippen molar-refractivity contribution < 1.29 is 51.8 Å². The van der Waals surface area contributed by atoms with Gasteiger partial charge in [-0.3, -0.25) is 0 Å². The average molecular weight is 807 g/mol. The number of ether oxygens (including phenoxy) is 10. The van der Waals surface area contributed by atoms with E-state index in [1.165, 1.54) is 0 Å². The van der Waals surface area contributed by atoms with Gasteiger partial charge in [-0.25, -0.2) is 4.39 Å². The van der Waals surface area contributed by atoms with Crippen molar-refractivity contribution in [3.8, 4) is 0 Å². The molecule has 3 aliphatic heterocycles. The molecule has 5 aromatic rings. The molecule has 310 valence electrons. The van der Waals surface area contributed by atoms with Crippen LogP contribution in [-0.2, 0) is 73.8 Å².